The van der Waals surface area contributed by atoms with E-state index in [4.69, 9.17) is 4.99 Å². The molecule has 5 rings (SSSR count). The summed E-state index contributed by atoms with van der Waals surface area (Å²) in [6, 6.07) is 13.5. The highest BCUT2D eigenvalue weighted by Gasteiger charge is 2.53. The molecular weight excluding hydrogens is 422 g/mol. The molecule has 0 atom stereocenters. The van der Waals surface area contributed by atoms with Crippen LogP contribution in [0.25, 0.3) is 0 Å². The molecule has 1 aliphatic carbocycles. The van der Waals surface area contributed by atoms with Crippen molar-refractivity contribution in [1.82, 2.24) is 10.2 Å². The van der Waals surface area contributed by atoms with Gasteiger partial charge in [-0.1, -0.05) is 49.6 Å². The number of piperidine rings is 1. The molecule has 2 saturated heterocycles. The lowest BCUT2D eigenvalue weighted by molar-refractivity contribution is 0.184. The number of carbonyl (C=O) groups excluding carboxylic acids is 1. The Morgan fingerprint density at radius 3 is 2.30 bits per heavy atom. The average Bonchev–Trinajstić information content (AvgIpc) is 3.06. The smallest absolute Gasteiger partial charge is 0.299 e. The first-order valence-electron chi connectivity index (χ1n) is 12.0. The molecule has 0 radical (unpaired) electrons. The summed E-state index contributed by atoms with van der Waals surface area (Å²) in [7, 11) is 0. The van der Waals surface area contributed by atoms with Gasteiger partial charge in [0, 0.05) is 25.7 Å². The molecule has 5 nitrogen and oxygen atoms in total. The Labute approximate surface area is 193 Å². The first kappa shape index (κ1) is 22.0. The number of anilines is 1. The van der Waals surface area contributed by atoms with E-state index in [1.165, 1.54) is 24.1 Å². The maximum absolute atomic E-state index is 14.1. The number of hydrogen-bond acceptors (Lipinski definition) is 3. The van der Waals surface area contributed by atoms with Gasteiger partial charge in [-0.05, 0) is 43.4 Å². The van der Waals surface area contributed by atoms with Crippen molar-refractivity contribution < 1.29 is 13.6 Å². The number of amides is 2. The van der Waals surface area contributed by atoms with E-state index in [-0.39, 0.29) is 17.8 Å². The van der Waals surface area contributed by atoms with Gasteiger partial charge in [-0.25, -0.2) is 13.6 Å². The number of urea groups is 1. The van der Waals surface area contributed by atoms with Gasteiger partial charge in [-0.15, -0.1) is 0 Å². The Balaban J connectivity index is 1.46. The third-order valence-electron chi connectivity index (χ3n) is 7.22. The van der Waals surface area contributed by atoms with Gasteiger partial charge in [-0.2, -0.15) is 0 Å². The largest absolute Gasteiger partial charge is 0.328 e. The third-order valence-corrected chi connectivity index (χ3v) is 7.22. The van der Waals surface area contributed by atoms with Crippen molar-refractivity contribution in [2.45, 2.75) is 63.1 Å². The van der Waals surface area contributed by atoms with E-state index in [9.17, 15) is 13.6 Å². The molecule has 1 N–H and O–H groups in total. The minimum Gasteiger partial charge on any atom is -0.299 e. The first-order chi connectivity index (χ1) is 16.0. The number of halogens is 2. The van der Waals surface area contributed by atoms with Crippen molar-refractivity contribution in [2.24, 2.45) is 4.99 Å². The van der Waals surface area contributed by atoms with Crippen LogP contribution in [0.1, 0.15) is 50.5 Å². The Hall–Kier alpha value is -2.80. The molecule has 33 heavy (non-hydrogen) atoms. The number of nitrogens with zero attached hydrogens (tertiary/aromatic N) is 3. The first-order valence-corrected chi connectivity index (χ1v) is 12.0. The third kappa shape index (κ3) is 4.51. The lowest BCUT2D eigenvalue weighted by atomic mass is 9.84. The van der Waals surface area contributed by atoms with E-state index in [0.717, 1.165) is 51.4 Å². The molecule has 2 aromatic rings. The number of nitrogens with one attached hydrogen (secondary N) is 1. The molecule has 2 aliphatic heterocycles. The molecule has 3 fully saturated rings. The monoisotopic (exact) mass is 452 g/mol. The molecule has 7 heteroatoms. The number of rotatable bonds is 4. The zero-order valence-corrected chi connectivity index (χ0v) is 18.8. The Morgan fingerprint density at radius 2 is 1.64 bits per heavy atom. The van der Waals surface area contributed by atoms with Gasteiger partial charge in [0.2, 0.25) is 0 Å². The molecule has 0 aromatic heterocycles. The Morgan fingerprint density at radius 1 is 0.970 bits per heavy atom. The highest BCUT2D eigenvalue weighted by molar-refractivity contribution is 6.19. The summed E-state index contributed by atoms with van der Waals surface area (Å²) in [6.07, 6.45) is 6.86. The van der Waals surface area contributed by atoms with Gasteiger partial charge in [0.15, 0.2) is 0 Å². The normalized spacial score (nSPS) is 22.8. The van der Waals surface area contributed by atoms with Gasteiger partial charge >= 0.3 is 6.03 Å². The van der Waals surface area contributed by atoms with E-state index in [1.807, 2.05) is 18.2 Å². The number of hydrogen-bond donors (Lipinski definition) is 1. The molecule has 1 saturated carbocycles. The molecular formula is C26H30F2N4O. The number of benzene rings is 2. The SMILES string of the molecule is O=C1NC(=NC2CCCCC2)C2(CCN(Cc3ccccc3)CC2)N1c1cc(F)cc(F)c1. The molecule has 0 unspecified atom stereocenters. The highest BCUT2D eigenvalue weighted by atomic mass is 19.1. The fourth-order valence-corrected chi connectivity index (χ4v) is 5.53. The maximum Gasteiger partial charge on any atom is 0.328 e. The van der Waals surface area contributed by atoms with Crippen LogP contribution in [0.5, 0.6) is 0 Å². The van der Waals surface area contributed by atoms with Crippen LogP contribution in [-0.2, 0) is 6.54 Å². The van der Waals surface area contributed by atoms with Crippen LogP contribution in [-0.4, -0.2) is 41.4 Å². The van der Waals surface area contributed by atoms with Crippen LogP contribution < -0.4 is 10.2 Å². The van der Waals surface area contributed by atoms with E-state index in [2.05, 4.69) is 22.3 Å². The van der Waals surface area contributed by atoms with Crippen molar-refractivity contribution in [3.63, 3.8) is 0 Å². The van der Waals surface area contributed by atoms with Crippen molar-refractivity contribution in [1.29, 1.82) is 0 Å². The Kier molecular flexibility index (Phi) is 6.15. The summed E-state index contributed by atoms with van der Waals surface area (Å²) in [6.45, 7) is 2.37. The average molecular weight is 453 g/mol. The van der Waals surface area contributed by atoms with Crippen LogP contribution >= 0.6 is 0 Å². The zero-order chi connectivity index (χ0) is 22.8. The minimum atomic E-state index is -0.706. The number of carbonyl (C=O) groups is 1. The summed E-state index contributed by atoms with van der Waals surface area (Å²) in [5.41, 5.74) is 0.784. The van der Waals surface area contributed by atoms with Crippen molar-refractivity contribution in [2.75, 3.05) is 18.0 Å². The lowest BCUT2D eigenvalue weighted by Gasteiger charge is -2.44. The van der Waals surface area contributed by atoms with Crippen LogP contribution in [0.15, 0.2) is 53.5 Å². The van der Waals surface area contributed by atoms with Gasteiger partial charge in [-0.3, -0.25) is 20.1 Å². The fourth-order valence-electron chi connectivity index (χ4n) is 5.53. The zero-order valence-electron chi connectivity index (χ0n) is 18.8. The molecule has 0 bridgehead atoms. The second kappa shape index (κ2) is 9.21. The van der Waals surface area contributed by atoms with Crippen molar-refractivity contribution in [3.05, 3.63) is 65.7 Å². The minimum absolute atomic E-state index is 0.192. The maximum atomic E-state index is 14.1. The quantitative estimate of drug-likeness (QED) is 0.688. The highest BCUT2D eigenvalue weighted by Crippen LogP contribution is 2.39. The molecule has 2 amide bonds. The molecule has 174 valence electrons. The Bertz CT molecular complexity index is 1010. The lowest BCUT2D eigenvalue weighted by Crippen LogP contribution is -2.57. The summed E-state index contributed by atoms with van der Waals surface area (Å²) >= 11 is 0. The fraction of sp³-hybridized carbons (Fsp3) is 0.462. The number of aliphatic imine (C=N–C) groups is 1. The van der Waals surface area contributed by atoms with Crippen molar-refractivity contribution >= 4 is 17.6 Å². The predicted molar refractivity (Wildman–Crippen MR) is 125 cm³/mol. The van der Waals surface area contributed by atoms with Crippen molar-refractivity contribution in [3.8, 4) is 0 Å². The summed E-state index contributed by atoms with van der Waals surface area (Å²) < 4.78 is 28.2. The van der Waals surface area contributed by atoms with E-state index in [0.29, 0.717) is 18.7 Å². The van der Waals surface area contributed by atoms with E-state index in [1.54, 1.807) is 4.90 Å². The second-order valence-corrected chi connectivity index (χ2v) is 9.46. The van der Waals surface area contributed by atoms with Gasteiger partial charge < -0.3 is 0 Å². The topological polar surface area (TPSA) is 47.9 Å². The molecule has 2 aromatic carbocycles. The molecule has 2 heterocycles. The van der Waals surface area contributed by atoms with Crippen LogP contribution in [0, 0.1) is 11.6 Å². The van der Waals surface area contributed by atoms with E-state index < -0.39 is 17.2 Å². The molecule has 1 spiro atoms. The van der Waals surface area contributed by atoms with Gasteiger partial charge in [0.05, 0.1) is 11.7 Å². The van der Waals surface area contributed by atoms with Crippen LogP contribution in [0.2, 0.25) is 0 Å². The van der Waals surface area contributed by atoms with Crippen LogP contribution in [0.3, 0.4) is 0 Å². The number of likely N-dealkylation sites (tertiary alicyclic amines) is 1. The summed E-state index contributed by atoms with van der Waals surface area (Å²) in [4.78, 5) is 22.1. The van der Waals surface area contributed by atoms with Gasteiger partial charge in [0.1, 0.15) is 23.0 Å². The summed E-state index contributed by atoms with van der Waals surface area (Å²) in [5.74, 6) is -0.706. The number of amidine groups is 1. The predicted octanol–water partition coefficient (Wildman–Crippen LogP) is 5.26. The second-order valence-electron chi connectivity index (χ2n) is 9.46. The van der Waals surface area contributed by atoms with Crippen LogP contribution in [0.4, 0.5) is 19.3 Å². The molecule has 3 aliphatic rings. The van der Waals surface area contributed by atoms with E-state index >= 15 is 0 Å². The van der Waals surface area contributed by atoms with Gasteiger partial charge in [0.25, 0.3) is 0 Å². The standard InChI is InChI=1S/C26H30F2N4O/c27-20-15-21(28)17-23(16-20)32-25(33)30-24(29-22-9-5-2-6-10-22)26(32)11-13-31(14-12-26)18-19-7-3-1-4-8-19/h1,3-4,7-8,15-17,22H,2,5-6,9-14,18H2,(H,29,30,33). The summed E-state index contributed by atoms with van der Waals surface area (Å²) in [5, 5.41) is 2.99.